The lowest BCUT2D eigenvalue weighted by atomic mass is 10.1. The topological polar surface area (TPSA) is 86.7 Å². The fourth-order valence-electron chi connectivity index (χ4n) is 2.28. The van der Waals surface area contributed by atoms with Gasteiger partial charge in [-0.05, 0) is 37.5 Å². The molecule has 0 spiro atoms. The molecule has 0 saturated carbocycles. The molecule has 0 aliphatic carbocycles. The first kappa shape index (κ1) is 20.6. The summed E-state index contributed by atoms with van der Waals surface area (Å²) in [6.45, 7) is 6.87. The molecule has 2 N–H and O–H groups in total. The van der Waals surface area contributed by atoms with Crippen LogP contribution in [-0.2, 0) is 9.59 Å². The number of nitrogens with zero attached hydrogens (tertiary/aromatic N) is 1. The average Bonchev–Trinajstić information content (AvgIpc) is 2.52. The molecule has 0 bridgehead atoms. The molecule has 1 atom stereocenters. The highest BCUT2D eigenvalue weighted by atomic mass is 19.1. The van der Waals surface area contributed by atoms with Crippen molar-refractivity contribution in [3.05, 3.63) is 29.6 Å². The maximum atomic E-state index is 14.2. The zero-order chi connectivity index (χ0) is 19.1. The molecule has 138 valence electrons. The molecule has 0 fully saturated rings. The number of rotatable bonds is 8. The van der Waals surface area contributed by atoms with E-state index in [4.69, 9.17) is 5.11 Å². The molecule has 0 aliphatic heterocycles. The number of anilines is 1. The Morgan fingerprint density at radius 2 is 1.88 bits per heavy atom. The summed E-state index contributed by atoms with van der Waals surface area (Å²) in [6, 6.07) is 3.42. The molecule has 0 aliphatic rings. The average molecular weight is 352 g/mol. The van der Waals surface area contributed by atoms with Gasteiger partial charge in [0, 0.05) is 18.0 Å². The molecule has 0 saturated heterocycles. The van der Waals surface area contributed by atoms with Gasteiger partial charge in [-0.15, -0.1) is 0 Å². The van der Waals surface area contributed by atoms with E-state index >= 15 is 0 Å². The number of benzene rings is 1. The van der Waals surface area contributed by atoms with Gasteiger partial charge in [-0.3, -0.25) is 14.4 Å². The fraction of sp³-hybridized carbons (Fsp3) is 0.500. The largest absolute Gasteiger partial charge is 0.480 e. The van der Waals surface area contributed by atoms with Gasteiger partial charge in [0.15, 0.2) is 0 Å². The lowest BCUT2D eigenvalue weighted by molar-refractivity contribution is -0.138. The van der Waals surface area contributed by atoms with Gasteiger partial charge in [-0.2, -0.15) is 0 Å². The van der Waals surface area contributed by atoms with E-state index in [0.717, 1.165) is 6.07 Å². The normalized spacial score (nSPS) is 11.9. The predicted molar refractivity (Wildman–Crippen MR) is 92.9 cm³/mol. The number of carboxylic acids is 1. The van der Waals surface area contributed by atoms with Crippen LogP contribution < -0.4 is 5.32 Å². The Balaban J connectivity index is 2.98. The van der Waals surface area contributed by atoms with Crippen molar-refractivity contribution in [1.82, 2.24) is 4.90 Å². The van der Waals surface area contributed by atoms with Crippen LogP contribution in [0.4, 0.5) is 10.1 Å². The fourth-order valence-corrected chi connectivity index (χ4v) is 2.28. The maximum absolute atomic E-state index is 14.2. The zero-order valence-corrected chi connectivity index (χ0v) is 15.0. The number of halogens is 1. The van der Waals surface area contributed by atoms with Crippen LogP contribution in [0, 0.1) is 11.7 Å². The van der Waals surface area contributed by atoms with Crippen LogP contribution in [-0.4, -0.2) is 40.4 Å². The maximum Gasteiger partial charge on any atom is 0.323 e. The molecule has 1 aromatic carbocycles. The van der Waals surface area contributed by atoms with E-state index in [9.17, 15) is 18.8 Å². The minimum atomic E-state index is -1.13. The molecule has 25 heavy (non-hydrogen) atoms. The molecule has 2 amide bonds. The Hall–Kier alpha value is -2.44. The third-order valence-corrected chi connectivity index (χ3v) is 3.77. The Kier molecular flexibility index (Phi) is 7.54. The second kappa shape index (κ2) is 9.15. The van der Waals surface area contributed by atoms with Crippen molar-refractivity contribution in [2.24, 2.45) is 5.92 Å². The molecular formula is C18H25FN2O4. The summed E-state index contributed by atoms with van der Waals surface area (Å²) in [4.78, 5) is 36.4. The van der Waals surface area contributed by atoms with Crippen molar-refractivity contribution in [3.63, 3.8) is 0 Å². The van der Waals surface area contributed by atoms with Gasteiger partial charge >= 0.3 is 5.97 Å². The number of amides is 2. The second-order valence-corrected chi connectivity index (χ2v) is 6.42. The number of aliphatic carboxylic acids is 1. The second-order valence-electron chi connectivity index (χ2n) is 6.42. The molecule has 1 rings (SSSR count). The van der Waals surface area contributed by atoms with Crippen molar-refractivity contribution in [2.45, 2.75) is 46.6 Å². The minimum absolute atomic E-state index is 0.00414. The van der Waals surface area contributed by atoms with Gasteiger partial charge in [-0.1, -0.05) is 20.8 Å². The van der Waals surface area contributed by atoms with Crippen molar-refractivity contribution in [3.8, 4) is 0 Å². The monoisotopic (exact) mass is 352 g/mol. The van der Waals surface area contributed by atoms with Crippen molar-refractivity contribution >= 4 is 23.5 Å². The number of hydrogen-bond donors (Lipinski definition) is 2. The first-order valence-corrected chi connectivity index (χ1v) is 8.27. The Bertz CT molecular complexity index is 646. The summed E-state index contributed by atoms with van der Waals surface area (Å²) >= 11 is 0. The van der Waals surface area contributed by atoms with Crippen LogP contribution in [0.15, 0.2) is 18.2 Å². The van der Waals surface area contributed by atoms with Gasteiger partial charge in [-0.25, -0.2) is 4.39 Å². The lowest BCUT2D eigenvalue weighted by Gasteiger charge is -2.27. The van der Waals surface area contributed by atoms with E-state index in [-0.39, 0.29) is 35.5 Å². The molecule has 0 heterocycles. The molecular weight excluding hydrogens is 327 g/mol. The summed E-state index contributed by atoms with van der Waals surface area (Å²) in [6.07, 6.45) is 0.839. The van der Waals surface area contributed by atoms with Gasteiger partial charge in [0.2, 0.25) is 5.91 Å². The highest BCUT2D eigenvalue weighted by molar-refractivity contribution is 5.97. The summed E-state index contributed by atoms with van der Waals surface area (Å²) < 4.78 is 14.2. The molecule has 0 radical (unpaired) electrons. The smallest absolute Gasteiger partial charge is 0.323 e. The third kappa shape index (κ3) is 6.17. The van der Waals surface area contributed by atoms with E-state index in [0.29, 0.717) is 6.42 Å². The minimum Gasteiger partial charge on any atom is -0.480 e. The van der Waals surface area contributed by atoms with Gasteiger partial charge in [0.1, 0.15) is 12.4 Å². The Labute approximate surface area is 147 Å². The first-order chi connectivity index (χ1) is 11.6. The number of carboxylic acid groups (broad SMARTS) is 1. The standard InChI is InChI=1S/C18H25FN2O4/c1-5-12(4)21(10-17(23)24)18(25)13-6-7-15(14(19)9-13)20-16(22)8-11(2)3/h6-7,9,11-12H,5,8,10H2,1-4H3,(H,20,22)(H,23,24). The molecule has 7 heteroatoms. The van der Waals surface area contributed by atoms with Crippen molar-refractivity contribution in [1.29, 1.82) is 0 Å². The Morgan fingerprint density at radius 1 is 1.24 bits per heavy atom. The molecule has 1 unspecified atom stereocenters. The van der Waals surface area contributed by atoms with Crippen LogP contribution in [0.5, 0.6) is 0 Å². The molecule has 0 aromatic heterocycles. The van der Waals surface area contributed by atoms with E-state index in [2.05, 4.69) is 5.32 Å². The number of carbonyl (C=O) groups is 3. The number of nitrogens with one attached hydrogen (secondary N) is 1. The summed E-state index contributed by atoms with van der Waals surface area (Å²) in [5, 5.41) is 11.4. The Morgan fingerprint density at radius 3 is 2.36 bits per heavy atom. The van der Waals surface area contributed by atoms with E-state index < -0.39 is 24.2 Å². The number of hydrogen-bond acceptors (Lipinski definition) is 3. The van der Waals surface area contributed by atoms with Crippen LogP contribution in [0.25, 0.3) is 0 Å². The molecule has 6 nitrogen and oxygen atoms in total. The van der Waals surface area contributed by atoms with Crippen LogP contribution in [0.3, 0.4) is 0 Å². The van der Waals surface area contributed by atoms with Crippen LogP contribution in [0.1, 0.15) is 50.9 Å². The highest BCUT2D eigenvalue weighted by Crippen LogP contribution is 2.19. The van der Waals surface area contributed by atoms with Crippen LogP contribution in [0.2, 0.25) is 0 Å². The van der Waals surface area contributed by atoms with Crippen molar-refractivity contribution in [2.75, 3.05) is 11.9 Å². The third-order valence-electron chi connectivity index (χ3n) is 3.77. The summed E-state index contributed by atoms with van der Waals surface area (Å²) in [7, 11) is 0. The summed E-state index contributed by atoms with van der Waals surface area (Å²) in [5.74, 6) is -2.59. The molecule has 1 aromatic rings. The number of carbonyl (C=O) groups excluding carboxylic acids is 2. The summed E-state index contributed by atoms with van der Waals surface area (Å²) in [5.41, 5.74) is 0.0384. The van der Waals surface area contributed by atoms with Gasteiger partial charge < -0.3 is 15.3 Å². The van der Waals surface area contributed by atoms with E-state index in [1.807, 2.05) is 20.8 Å². The van der Waals surface area contributed by atoms with E-state index in [1.165, 1.54) is 17.0 Å². The first-order valence-electron chi connectivity index (χ1n) is 8.27. The highest BCUT2D eigenvalue weighted by Gasteiger charge is 2.23. The van der Waals surface area contributed by atoms with Gasteiger partial charge in [0.05, 0.1) is 5.69 Å². The SMILES string of the molecule is CCC(C)N(CC(=O)O)C(=O)c1ccc(NC(=O)CC(C)C)c(F)c1. The lowest BCUT2D eigenvalue weighted by Crippen LogP contribution is -2.41. The quantitative estimate of drug-likeness (QED) is 0.752. The van der Waals surface area contributed by atoms with Gasteiger partial charge in [0.25, 0.3) is 5.91 Å². The van der Waals surface area contributed by atoms with Crippen molar-refractivity contribution < 1.29 is 23.9 Å². The zero-order valence-electron chi connectivity index (χ0n) is 15.0. The van der Waals surface area contributed by atoms with E-state index in [1.54, 1.807) is 6.92 Å². The predicted octanol–water partition coefficient (Wildman–Crippen LogP) is 3.14. The van der Waals surface area contributed by atoms with Crippen LogP contribution >= 0.6 is 0 Å².